The highest BCUT2D eigenvalue weighted by Gasteiger charge is 2.25. The molecule has 0 amide bonds. The molecule has 77 heavy (non-hydrogen) atoms. The number of hydrogen-bond donors (Lipinski definition) is 0. The Bertz CT molecular complexity index is 5240. The van der Waals surface area contributed by atoms with Gasteiger partial charge in [0.1, 0.15) is 11.2 Å². The second-order valence-electron chi connectivity index (χ2n) is 19.9. The van der Waals surface area contributed by atoms with Crippen molar-refractivity contribution in [2.24, 2.45) is 0 Å². The van der Waals surface area contributed by atoms with Crippen molar-refractivity contribution in [3.63, 3.8) is 0 Å². The highest BCUT2D eigenvalue weighted by Crippen LogP contribution is 2.46. The average Bonchev–Trinajstić information content (AvgIpc) is 4.46. The first-order chi connectivity index (χ1) is 38.2. The van der Waals surface area contributed by atoms with Gasteiger partial charge in [-0.25, -0.2) is 4.98 Å². The average molecular weight is 1000 g/mol. The number of furan rings is 1. The van der Waals surface area contributed by atoms with E-state index in [2.05, 4.69) is 232 Å². The Hall–Kier alpha value is -10.2. The second-order valence-corrected chi connectivity index (χ2v) is 21.0. The van der Waals surface area contributed by atoms with Crippen molar-refractivity contribution in [3.05, 3.63) is 243 Å². The molecule has 0 atom stereocenters. The zero-order valence-corrected chi connectivity index (χ0v) is 41.9. The SMILES string of the molecule is c1ccc(-c2nc(-c3cccc4oc5ccc(-c6cc(-n7c8ccccc8c8ccccc87)cc7sc8ccccc8c67)cc5c34)nc(-n3c4ccccc4c4ccc5c6ccccc6n(-c6ccccc6)c5c43)n2)cc1. The van der Waals surface area contributed by atoms with E-state index in [-0.39, 0.29) is 0 Å². The van der Waals surface area contributed by atoms with Gasteiger partial charge >= 0.3 is 0 Å². The van der Waals surface area contributed by atoms with E-state index >= 15 is 0 Å². The largest absolute Gasteiger partial charge is 0.456 e. The molecule has 7 nitrogen and oxygen atoms in total. The van der Waals surface area contributed by atoms with Crippen LogP contribution in [0, 0.1) is 0 Å². The maximum Gasteiger partial charge on any atom is 0.238 e. The third-order valence-electron chi connectivity index (χ3n) is 15.7. The van der Waals surface area contributed by atoms with E-state index in [1.54, 1.807) is 0 Å². The minimum absolute atomic E-state index is 0.525. The maximum absolute atomic E-state index is 6.81. The molecule has 0 unspecified atom stereocenters. The minimum atomic E-state index is 0.525. The fourth-order valence-corrected chi connectivity index (χ4v) is 13.6. The van der Waals surface area contributed by atoms with Crippen LogP contribution in [0.4, 0.5) is 0 Å². The molecule has 0 saturated heterocycles. The van der Waals surface area contributed by atoms with E-state index in [1.807, 2.05) is 35.6 Å². The lowest BCUT2D eigenvalue weighted by Crippen LogP contribution is -2.07. The van der Waals surface area contributed by atoms with E-state index in [4.69, 9.17) is 19.4 Å². The molecule has 0 saturated carbocycles. The molecule has 6 aromatic heterocycles. The van der Waals surface area contributed by atoms with Crippen molar-refractivity contribution < 1.29 is 4.42 Å². The van der Waals surface area contributed by atoms with Crippen LogP contribution < -0.4 is 0 Å². The summed E-state index contributed by atoms with van der Waals surface area (Å²) in [5, 5.41) is 11.4. The minimum Gasteiger partial charge on any atom is -0.456 e. The molecule has 358 valence electrons. The topological polar surface area (TPSA) is 66.6 Å². The van der Waals surface area contributed by atoms with Gasteiger partial charge in [-0.2, -0.15) is 9.97 Å². The number of rotatable bonds is 6. The van der Waals surface area contributed by atoms with Crippen LogP contribution in [-0.4, -0.2) is 28.7 Å². The van der Waals surface area contributed by atoms with Crippen molar-refractivity contribution in [2.45, 2.75) is 0 Å². The van der Waals surface area contributed by atoms with E-state index in [0.29, 0.717) is 17.6 Å². The van der Waals surface area contributed by atoms with Gasteiger partial charge in [0.05, 0.1) is 33.1 Å². The maximum atomic E-state index is 6.81. The lowest BCUT2D eigenvalue weighted by molar-refractivity contribution is 0.669. The second kappa shape index (κ2) is 16.2. The number of thiophene rings is 1. The van der Waals surface area contributed by atoms with Gasteiger partial charge in [0, 0.05) is 85.8 Å². The smallest absolute Gasteiger partial charge is 0.238 e. The van der Waals surface area contributed by atoms with E-state index in [0.717, 1.165) is 93.8 Å². The van der Waals surface area contributed by atoms with Crippen LogP contribution in [-0.2, 0) is 0 Å². The van der Waals surface area contributed by atoms with Gasteiger partial charge in [-0.05, 0) is 83.9 Å². The first-order valence-corrected chi connectivity index (χ1v) is 26.7. The van der Waals surface area contributed by atoms with Crippen molar-refractivity contribution in [2.75, 3.05) is 0 Å². The molecule has 0 fully saturated rings. The molecule has 6 heterocycles. The number of fused-ring (bicyclic) bond motifs is 16. The van der Waals surface area contributed by atoms with E-state index in [9.17, 15) is 0 Å². The van der Waals surface area contributed by atoms with Crippen molar-refractivity contribution >= 4 is 119 Å². The summed E-state index contributed by atoms with van der Waals surface area (Å²) in [4.78, 5) is 16.4. The van der Waals surface area contributed by atoms with Crippen LogP contribution in [0.15, 0.2) is 247 Å². The lowest BCUT2D eigenvalue weighted by atomic mass is 9.96. The molecular weight excluding hydrogens is 961 g/mol. The molecule has 17 rings (SSSR count). The Labute approximate surface area is 443 Å². The highest BCUT2D eigenvalue weighted by molar-refractivity contribution is 7.26. The molecule has 0 N–H and O–H groups in total. The Morgan fingerprint density at radius 2 is 0.883 bits per heavy atom. The summed E-state index contributed by atoms with van der Waals surface area (Å²) in [5.74, 6) is 1.65. The van der Waals surface area contributed by atoms with Crippen LogP contribution >= 0.6 is 11.3 Å². The van der Waals surface area contributed by atoms with Crippen LogP contribution in [0.5, 0.6) is 0 Å². The van der Waals surface area contributed by atoms with Crippen LogP contribution in [0.25, 0.3) is 159 Å². The number of nitrogens with zero attached hydrogens (tertiary/aromatic N) is 6. The summed E-state index contributed by atoms with van der Waals surface area (Å²) in [6, 6.07) is 86.6. The molecule has 17 aromatic rings. The summed E-state index contributed by atoms with van der Waals surface area (Å²) < 4.78 is 16.4. The third-order valence-corrected chi connectivity index (χ3v) is 16.8. The fraction of sp³-hybridized carbons (Fsp3) is 0. The first kappa shape index (κ1) is 42.2. The van der Waals surface area contributed by atoms with Crippen LogP contribution in [0.2, 0.25) is 0 Å². The van der Waals surface area contributed by atoms with Crippen molar-refractivity contribution in [1.82, 2.24) is 28.7 Å². The number of aromatic nitrogens is 6. The zero-order chi connectivity index (χ0) is 50.3. The van der Waals surface area contributed by atoms with Gasteiger partial charge in [0.2, 0.25) is 5.95 Å². The van der Waals surface area contributed by atoms with Crippen molar-refractivity contribution in [3.8, 4) is 51.2 Å². The monoisotopic (exact) mass is 1000 g/mol. The van der Waals surface area contributed by atoms with Gasteiger partial charge < -0.3 is 13.6 Å². The zero-order valence-electron chi connectivity index (χ0n) is 41.1. The number of para-hydroxylation sites is 5. The van der Waals surface area contributed by atoms with E-state index in [1.165, 1.54) is 47.4 Å². The number of benzene rings is 11. The summed E-state index contributed by atoms with van der Waals surface area (Å²) >= 11 is 1.84. The Morgan fingerprint density at radius 3 is 1.58 bits per heavy atom. The van der Waals surface area contributed by atoms with Crippen molar-refractivity contribution in [1.29, 1.82) is 0 Å². The summed E-state index contributed by atoms with van der Waals surface area (Å²) in [5.41, 5.74) is 14.3. The molecule has 0 aliphatic carbocycles. The molecule has 0 radical (unpaired) electrons. The number of hydrogen-bond acceptors (Lipinski definition) is 5. The quantitative estimate of drug-likeness (QED) is 0.166. The predicted octanol–water partition coefficient (Wildman–Crippen LogP) is 18.4. The highest BCUT2D eigenvalue weighted by atomic mass is 32.1. The van der Waals surface area contributed by atoms with Crippen LogP contribution in [0.3, 0.4) is 0 Å². The van der Waals surface area contributed by atoms with Gasteiger partial charge in [0.25, 0.3) is 0 Å². The molecule has 0 spiro atoms. The molecule has 8 heteroatoms. The lowest BCUT2D eigenvalue weighted by Gasteiger charge is -2.14. The predicted molar refractivity (Wildman–Crippen MR) is 319 cm³/mol. The van der Waals surface area contributed by atoms with Gasteiger partial charge in [-0.1, -0.05) is 170 Å². The standard InChI is InChI=1S/C69H40N6OS/c1-3-18-41(19-4-1)67-70-68(72-69(71-67)75-58-31-15-10-25-48(58)50-36-35-49-47-24-9-14-30-57(47)74(65(49)66(50)75)43-20-5-2-6-21-43)52-27-17-32-60-63(52)54-38-42(34-37-59(54)76-60)53-39-44(40-62-64(53)51-26-11-16-33-61(51)77-62)73-55-28-12-7-22-45(55)46-23-8-13-29-56(46)73/h1-40H. The molecular formula is C69H40N6OS. The normalized spacial score (nSPS) is 12.2. The summed E-state index contributed by atoms with van der Waals surface area (Å²) in [6.07, 6.45) is 0. The third kappa shape index (κ3) is 6.15. The van der Waals surface area contributed by atoms with Crippen LogP contribution in [0.1, 0.15) is 0 Å². The fourth-order valence-electron chi connectivity index (χ4n) is 12.4. The van der Waals surface area contributed by atoms with Gasteiger partial charge in [-0.3, -0.25) is 4.57 Å². The first-order valence-electron chi connectivity index (χ1n) is 25.9. The molecule has 0 bridgehead atoms. The summed E-state index contributed by atoms with van der Waals surface area (Å²) in [6.45, 7) is 0. The molecule has 11 aromatic carbocycles. The summed E-state index contributed by atoms with van der Waals surface area (Å²) in [7, 11) is 0. The van der Waals surface area contributed by atoms with Gasteiger partial charge in [0.15, 0.2) is 11.6 Å². The molecule has 0 aliphatic rings. The Balaban J connectivity index is 0.933. The Kier molecular flexibility index (Phi) is 8.87. The van der Waals surface area contributed by atoms with E-state index < -0.39 is 0 Å². The van der Waals surface area contributed by atoms with Gasteiger partial charge in [-0.15, -0.1) is 11.3 Å². The Morgan fingerprint density at radius 1 is 0.312 bits per heavy atom. The molecule has 0 aliphatic heterocycles.